The lowest BCUT2D eigenvalue weighted by Gasteiger charge is -2.08. The van der Waals surface area contributed by atoms with Crippen LogP contribution in [0.5, 0.6) is 5.75 Å². The van der Waals surface area contributed by atoms with Crippen molar-refractivity contribution in [3.8, 4) is 5.75 Å². The Morgan fingerprint density at radius 1 is 1.12 bits per heavy atom. The van der Waals surface area contributed by atoms with Crippen molar-refractivity contribution < 1.29 is 9.53 Å². The van der Waals surface area contributed by atoms with E-state index in [1.807, 2.05) is 36.4 Å². The SMILES string of the molecule is COc1ccc(CNC(=O)CNCCc2ccc(Cl)cc2Cl)cc1. The molecule has 0 saturated heterocycles. The molecule has 0 aromatic heterocycles. The van der Waals surface area contributed by atoms with E-state index in [-0.39, 0.29) is 12.5 Å². The zero-order valence-corrected chi connectivity index (χ0v) is 15.0. The lowest BCUT2D eigenvalue weighted by molar-refractivity contribution is -0.120. The standard InChI is InChI=1S/C18H20Cl2N2O2/c1-24-16-6-2-13(3-7-16)11-22-18(23)12-21-9-8-14-4-5-15(19)10-17(14)20/h2-7,10,21H,8-9,11-12H2,1H3,(H,22,23). The van der Waals surface area contributed by atoms with Crippen LogP contribution in [0.4, 0.5) is 0 Å². The number of hydrogen-bond acceptors (Lipinski definition) is 3. The molecule has 0 bridgehead atoms. The number of carbonyl (C=O) groups is 1. The highest BCUT2D eigenvalue weighted by atomic mass is 35.5. The van der Waals surface area contributed by atoms with Crippen molar-refractivity contribution in [2.75, 3.05) is 20.2 Å². The fraction of sp³-hybridized carbons (Fsp3) is 0.278. The molecule has 0 aliphatic rings. The lowest BCUT2D eigenvalue weighted by Crippen LogP contribution is -2.34. The third-order valence-electron chi connectivity index (χ3n) is 3.52. The third kappa shape index (κ3) is 6.04. The molecular formula is C18H20Cl2N2O2. The number of amides is 1. The topological polar surface area (TPSA) is 50.4 Å². The van der Waals surface area contributed by atoms with Crippen molar-refractivity contribution in [1.82, 2.24) is 10.6 Å². The maximum absolute atomic E-state index is 11.8. The van der Waals surface area contributed by atoms with E-state index in [9.17, 15) is 4.79 Å². The molecule has 1 amide bonds. The Morgan fingerprint density at radius 3 is 2.54 bits per heavy atom. The highest BCUT2D eigenvalue weighted by Crippen LogP contribution is 2.21. The molecule has 0 aliphatic heterocycles. The fourth-order valence-corrected chi connectivity index (χ4v) is 2.66. The van der Waals surface area contributed by atoms with Crippen LogP contribution >= 0.6 is 23.2 Å². The first kappa shape index (κ1) is 18.6. The summed E-state index contributed by atoms with van der Waals surface area (Å²) in [7, 11) is 1.62. The first-order valence-electron chi connectivity index (χ1n) is 7.63. The predicted octanol–water partition coefficient (Wildman–Crippen LogP) is 3.45. The van der Waals surface area contributed by atoms with Gasteiger partial charge in [-0.25, -0.2) is 0 Å². The highest BCUT2D eigenvalue weighted by Gasteiger charge is 2.03. The summed E-state index contributed by atoms with van der Waals surface area (Å²) >= 11 is 12.0. The van der Waals surface area contributed by atoms with Crippen LogP contribution in [0.3, 0.4) is 0 Å². The zero-order valence-electron chi connectivity index (χ0n) is 13.4. The summed E-state index contributed by atoms with van der Waals surface area (Å²) in [5.74, 6) is 0.751. The molecule has 2 aromatic rings. The van der Waals surface area contributed by atoms with E-state index in [4.69, 9.17) is 27.9 Å². The molecule has 0 aliphatic carbocycles. The van der Waals surface area contributed by atoms with Crippen molar-refractivity contribution in [3.63, 3.8) is 0 Å². The number of methoxy groups -OCH3 is 1. The summed E-state index contributed by atoms with van der Waals surface area (Å²) in [6.45, 7) is 1.42. The van der Waals surface area contributed by atoms with Gasteiger partial charge in [0, 0.05) is 16.6 Å². The largest absolute Gasteiger partial charge is 0.497 e. The van der Waals surface area contributed by atoms with Gasteiger partial charge in [0.15, 0.2) is 0 Å². The zero-order chi connectivity index (χ0) is 17.4. The number of benzene rings is 2. The number of halogens is 2. The van der Waals surface area contributed by atoms with Gasteiger partial charge in [-0.1, -0.05) is 41.4 Å². The van der Waals surface area contributed by atoms with Gasteiger partial charge in [0.25, 0.3) is 0 Å². The van der Waals surface area contributed by atoms with Gasteiger partial charge in [-0.2, -0.15) is 0 Å². The van der Waals surface area contributed by atoms with E-state index in [0.717, 1.165) is 23.3 Å². The molecule has 6 heteroatoms. The normalized spacial score (nSPS) is 10.5. The Bertz CT molecular complexity index is 675. The van der Waals surface area contributed by atoms with Crippen LogP contribution in [0.2, 0.25) is 10.0 Å². The lowest BCUT2D eigenvalue weighted by atomic mass is 10.1. The quantitative estimate of drug-likeness (QED) is 0.703. The van der Waals surface area contributed by atoms with E-state index >= 15 is 0 Å². The molecule has 0 radical (unpaired) electrons. The fourth-order valence-electron chi connectivity index (χ4n) is 2.16. The second kappa shape index (κ2) is 9.52. The van der Waals surface area contributed by atoms with Gasteiger partial charge < -0.3 is 15.4 Å². The summed E-state index contributed by atoms with van der Waals surface area (Å²) < 4.78 is 5.10. The molecular weight excluding hydrogens is 347 g/mol. The van der Waals surface area contributed by atoms with E-state index in [0.29, 0.717) is 23.1 Å². The van der Waals surface area contributed by atoms with E-state index in [1.165, 1.54) is 0 Å². The Hall–Kier alpha value is -1.75. The smallest absolute Gasteiger partial charge is 0.234 e. The van der Waals surface area contributed by atoms with Crippen LogP contribution in [0, 0.1) is 0 Å². The second-order valence-corrected chi connectivity index (χ2v) is 6.13. The maximum atomic E-state index is 11.8. The minimum absolute atomic E-state index is 0.0481. The van der Waals surface area contributed by atoms with Gasteiger partial charge in [-0.15, -0.1) is 0 Å². The van der Waals surface area contributed by atoms with Crippen molar-refractivity contribution in [1.29, 1.82) is 0 Å². The summed E-state index contributed by atoms with van der Waals surface area (Å²) in [4.78, 5) is 11.8. The Kier molecular flexibility index (Phi) is 7.37. The number of rotatable bonds is 8. The van der Waals surface area contributed by atoms with Crippen LogP contribution < -0.4 is 15.4 Å². The van der Waals surface area contributed by atoms with Crippen LogP contribution in [0.15, 0.2) is 42.5 Å². The van der Waals surface area contributed by atoms with Gasteiger partial charge in [0.2, 0.25) is 5.91 Å². The molecule has 2 N–H and O–H groups in total. The van der Waals surface area contributed by atoms with Crippen molar-refractivity contribution in [3.05, 3.63) is 63.6 Å². The number of hydrogen-bond donors (Lipinski definition) is 2. The Morgan fingerprint density at radius 2 is 1.88 bits per heavy atom. The Labute approximate surface area is 152 Å². The van der Waals surface area contributed by atoms with Crippen LogP contribution in [0.1, 0.15) is 11.1 Å². The van der Waals surface area contributed by atoms with Crippen LogP contribution in [-0.4, -0.2) is 26.1 Å². The molecule has 2 aromatic carbocycles. The molecule has 0 atom stereocenters. The molecule has 0 fully saturated rings. The number of nitrogens with one attached hydrogen (secondary N) is 2. The van der Waals surface area contributed by atoms with Gasteiger partial charge >= 0.3 is 0 Å². The minimum Gasteiger partial charge on any atom is -0.497 e. The summed E-state index contributed by atoms with van der Waals surface area (Å²) in [5, 5.41) is 7.24. The summed E-state index contributed by atoms with van der Waals surface area (Å²) in [6.07, 6.45) is 0.738. The minimum atomic E-state index is -0.0481. The summed E-state index contributed by atoms with van der Waals surface area (Å²) in [5.41, 5.74) is 2.03. The average Bonchev–Trinajstić information content (AvgIpc) is 2.59. The van der Waals surface area contributed by atoms with Gasteiger partial charge in [-0.05, 0) is 48.4 Å². The monoisotopic (exact) mass is 366 g/mol. The van der Waals surface area contributed by atoms with Crippen molar-refractivity contribution in [2.45, 2.75) is 13.0 Å². The second-order valence-electron chi connectivity index (χ2n) is 5.29. The van der Waals surface area contributed by atoms with Crippen molar-refractivity contribution >= 4 is 29.1 Å². The summed E-state index contributed by atoms with van der Waals surface area (Å²) in [6, 6.07) is 13.0. The molecule has 128 valence electrons. The van der Waals surface area contributed by atoms with Crippen molar-refractivity contribution in [2.24, 2.45) is 0 Å². The van der Waals surface area contributed by atoms with Gasteiger partial charge in [-0.3, -0.25) is 4.79 Å². The number of ether oxygens (including phenoxy) is 1. The Balaban J connectivity index is 1.65. The van der Waals surface area contributed by atoms with Gasteiger partial charge in [0.05, 0.1) is 13.7 Å². The first-order chi connectivity index (χ1) is 11.6. The van der Waals surface area contributed by atoms with E-state index in [2.05, 4.69) is 10.6 Å². The molecule has 0 saturated carbocycles. The molecule has 24 heavy (non-hydrogen) atoms. The van der Waals surface area contributed by atoms with Gasteiger partial charge in [0.1, 0.15) is 5.75 Å². The number of carbonyl (C=O) groups excluding carboxylic acids is 1. The third-order valence-corrected chi connectivity index (χ3v) is 4.11. The molecule has 0 unspecified atom stereocenters. The molecule has 2 rings (SSSR count). The molecule has 0 heterocycles. The highest BCUT2D eigenvalue weighted by molar-refractivity contribution is 6.35. The predicted molar refractivity (Wildman–Crippen MR) is 97.9 cm³/mol. The molecule has 0 spiro atoms. The molecule has 4 nitrogen and oxygen atoms in total. The first-order valence-corrected chi connectivity index (χ1v) is 8.38. The maximum Gasteiger partial charge on any atom is 0.234 e. The van der Waals surface area contributed by atoms with E-state index < -0.39 is 0 Å². The average molecular weight is 367 g/mol. The van der Waals surface area contributed by atoms with Crippen LogP contribution in [-0.2, 0) is 17.8 Å². The van der Waals surface area contributed by atoms with E-state index in [1.54, 1.807) is 13.2 Å². The van der Waals surface area contributed by atoms with Crippen LogP contribution in [0.25, 0.3) is 0 Å².